The second kappa shape index (κ2) is 7.61. The Morgan fingerprint density at radius 2 is 2.12 bits per heavy atom. The van der Waals surface area contributed by atoms with Crippen LogP contribution < -0.4 is 4.80 Å². The van der Waals surface area contributed by atoms with Gasteiger partial charge in [0.15, 0.2) is 4.80 Å². The Hall–Kier alpha value is -2.86. The van der Waals surface area contributed by atoms with E-state index in [1.807, 2.05) is 16.1 Å². The summed E-state index contributed by atoms with van der Waals surface area (Å²) in [6.45, 7) is 2.74. The standard InChI is InChI=1S/C18H16N4OS/c1-14-2-4-15(5-3-14)13-22-10-11-24-18(22)21-17(23)7-6-16-12-19-8-9-20-16/h2-12H,13H2,1H3. The van der Waals surface area contributed by atoms with E-state index in [-0.39, 0.29) is 5.91 Å². The van der Waals surface area contributed by atoms with Crippen molar-refractivity contribution in [2.45, 2.75) is 13.5 Å². The van der Waals surface area contributed by atoms with Gasteiger partial charge < -0.3 is 4.57 Å². The van der Waals surface area contributed by atoms with Crippen LogP contribution in [-0.2, 0) is 11.3 Å². The summed E-state index contributed by atoms with van der Waals surface area (Å²) >= 11 is 1.44. The van der Waals surface area contributed by atoms with Gasteiger partial charge in [-0.2, -0.15) is 4.99 Å². The minimum Gasteiger partial charge on any atom is -0.319 e. The van der Waals surface area contributed by atoms with Crippen LogP contribution in [0.4, 0.5) is 0 Å². The lowest BCUT2D eigenvalue weighted by atomic mass is 10.1. The van der Waals surface area contributed by atoms with E-state index in [2.05, 4.69) is 46.1 Å². The molecule has 5 nitrogen and oxygen atoms in total. The second-order valence-corrected chi connectivity index (χ2v) is 6.09. The summed E-state index contributed by atoms with van der Waals surface area (Å²) in [4.78, 5) is 24.9. The highest BCUT2D eigenvalue weighted by Crippen LogP contribution is 2.05. The molecule has 0 unspecified atom stereocenters. The number of benzene rings is 1. The van der Waals surface area contributed by atoms with Gasteiger partial charge in [0.05, 0.1) is 11.9 Å². The van der Waals surface area contributed by atoms with Gasteiger partial charge in [0.1, 0.15) is 0 Å². The third-order valence-corrected chi connectivity index (χ3v) is 4.11. The van der Waals surface area contributed by atoms with Crippen molar-refractivity contribution in [3.05, 3.63) is 82.1 Å². The van der Waals surface area contributed by atoms with Gasteiger partial charge in [0, 0.05) is 36.6 Å². The average molecular weight is 336 g/mol. The quantitative estimate of drug-likeness (QED) is 0.688. The summed E-state index contributed by atoms with van der Waals surface area (Å²) in [6.07, 6.45) is 9.70. The van der Waals surface area contributed by atoms with Crippen LogP contribution in [0.1, 0.15) is 16.8 Å². The molecular formula is C18H16N4OS. The molecule has 0 N–H and O–H groups in total. The summed E-state index contributed by atoms with van der Waals surface area (Å²) in [6, 6.07) is 8.32. The fraction of sp³-hybridized carbons (Fsp3) is 0.111. The summed E-state index contributed by atoms with van der Waals surface area (Å²) < 4.78 is 1.96. The third kappa shape index (κ3) is 4.33. The van der Waals surface area contributed by atoms with E-state index >= 15 is 0 Å². The molecule has 0 fully saturated rings. The van der Waals surface area contributed by atoms with Crippen molar-refractivity contribution >= 4 is 23.3 Å². The van der Waals surface area contributed by atoms with Crippen LogP contribution in [0.3, 0.4) is 0 Å². The largest absolute Gasteiger partial charge is 0.319 e. The first-order valence-electron chi connectivity index (χ1n) is 7.43. The fourth-order valence-electron chi connectivity index (χ4n) is 2.08. The maximum Gasteiger partial charge on any atom is 0.272 e. The lowest BCUT2D eigenvalue weighted by Gasteiger charge is -2.03. The topological polar surface area (TPSA) is 60.1 Å². The van der Waals surface area contributed by atoms with Crippen molar-refractivity contribution in [1.29, 1.82) is 0 Å². The van der Waals surface area contributed by atoms with Gasteiger partial charge in [0.2, 0.25) is 0 Å². The Morgan fingerprint density at radius 1 is 1.29 bits per heavy atom. The number of aromatic nitrogens is 3. The predicted molar refractivity (Wildman–Crippen MR) is 94.2 cm³/mol. The minimum absolute atomic E-state index is 0.319. The molecule has 0 saturated carbocycles. The maximum absolute atomic E-state index is 12.0. The van der Waals surface area contributed by atoms with E-state index < -0.39 is 0 Å². The first-order chi connectivity index (χ1) is 11.7. The summed E-state index contributed by atoms with van der Waals surface area (Å²) in [5.41, 5.74) is 3.02. The number of amides is 1. The van der Waals surface area contributed by atoms with E-state index in [9.17, 15) is 4.79 Å². The molecule has 120 valence electrons. The minimum atomic E-state index is -0.319. The van der Waals surface area contributed by atoms with Gasteiger partial charge in [0.25, 0.3) is 5.91 Å². The number of rotatable bonds is 4. The number of thiazole rings is 1. The van der Waals surface area contributed by atoms with Gasteiger partial charge >= 0.3 is 0 Å². The summed E-state index contributed by atoms with van der Waals surface area (Å²) in [5.74, 6) is -0.319. The molecule has 0 aliphatic heterocycles. The molecule has 1 aromatic carbocycles. The molecule has 3 aromatic rings. The van der Waals surface area contributed by atoms with Crippen molar-refractivity contribution in [3.8, 4) is 0 Å². The van der Waals surface area contributed by atoms with Crippen molar-refractivity contribution < 1.29 is 4.79 Å². The van der Waals surface area contributed by atoms with Crippen LogP contribution in [0.5, 0.6) is 0 Å². The molecule has 6 heteroatoms. The third-order valence-electron chi connectivity index (χ3n) is 3.32. The Morgan fingerprint density at radius 3 is 2.88 bits per heavy atom. The smallest absolute Gasteiger partial charge is 0.272 e. The zero-order valence-corrected chi connectivity index (χ0v) is 14.0. The highest BCUT2D eigenvalue weighted by atomic mass is 32.1. The number of hydrogen-bond donors (Lipinski definition) is 0. The molecule has 0 aliphatic rings. The Labute approximate surface area is 143 Å². The van der Waals surface area contributed by atoms with Crippen LogP contribution in [0.2, 0.25) is 0 Å². The van der Waals surface area contributed by atoms with Gasteiger partial charge in [-0.15, -0.1) is 11.3 Å². The van der Waals surface area contributed by atoms with E-state index in [4.69, 9.17) is 0 Å². The molecule has 24 heavy (non-hydrogen) atoms. The van der Waals surface area contributed by atoms with Crippen molar-refractivity contribution in [2.24, 2.45) is 4.99 Å². The number of hydrogen-bond acceptors (Lipinski definition) is 4. The first kappa shape index (κ1) is 16.0. The molecule has 0 radical (unpaired) electrons. The van der Waals surface area contributed by atoms with Gasteiger partial charge in [-0.3, -0.25) is 14.8 Å². The van der Waals surface area contributed by atoms with Crippen molar-refractivity contribution in [3.63, 3.8) is 0 Å². The number of aryl methyl sites for hydroxylation is 1. The zero-order chi connectivity index (χ0) is 16.8. The van der Waals surface area contributed by atoms with Crippen LogP contribution in [0.15, 0.2) is 65.5 Å². The normalized spacial score (nSPS) is 12.0. The molecule has 0 bridgehead atoms. The van der Waals surface area contributed by atoms with Gasteiger partial charge in [-0.05, 0) is 18.6 Å². The van der Waals surface area contributed by atoms with Crippen molar-refractivity contribution in [2.75, 3.05) is 0 Å². The molecule has 0 atom stereocenters. The molecule has 1 amide bonds. The highest BCUT2D eigenvalue weighted by molar-refractivity contribution is 7.07. The zero-order valence-electron chi connectivity index (χ0n) is 13.2. The van der Waals surface area contributed by atoms with Crippen LogP contribution in [0.25, 0.3) is 6.08 Å². The van der Waals surface area contributed by atoms with E-state index in [0.717, 1.165) is 0 Å². The lowest BCUT2D eigenvalue weighted by Crippen LogP contribution is -2.16. The monoisotopic (exact) mass is 336 g/mol. The SMILES string of the molecule is Cc1ccc(Cn2ccsc2=NC(=O)C=Cc2cnccn2)cc1. The summed E-state index contributed by atoms with van der Waals surface area (Å²) in [5, 5.41) is 1.92. The maximum atomic E-state index is 12.0. The fourth-order valence-corrected chi connectivity index (χ4v) is 2.82. The molecular weight excluding hydrogens is 320 g/mol. The Balaban J connectivity index is 1.76. The highest BCUT2D eigenvalue weighted by Gasteiger charge is 2.00. The van der Waals surface area contributed by atoms with Gasteiger partial charge in [-0.25, -0.2) is 0 Å². The molecule has 0 saturated heterocycles. The average Bonchev–Trinajstić information content (AvgIpc) is 3.03. The second-order valence-electron chi connectivity index (χ2n) is 5.21. The number of nitrogens with zero attached hydrogens (tertiary/aromatic N) is 4. The van der Waals surface area contributed by atoms with Gasteiger partial charge in [-0.1, -0.05) is 29.8 Å². The molecule has 2 aromatic heterocycles. The molecule has 2 heterocycles. The molecule has 0 aliphatic carbocycles. The first-order valence-corrected chi connectivity index (χ1v) is 8.31. The summed E-state index contributed by atoms with van der Waals surface area (Å²) in [7, 11) is 0. The predicted octanol–water partition coefficient (Wildman–Crippen LogP) is 2.84. The van der Waals surface area contributed by atoms with Crippen LogP contribution in [0, 0.1) is 6.92 Å². The Bertz CT molecular complexity index is 908. The van der Waals surface area contributed by atoms with Crippen molar-refractivity contribution in [1.82, 2.24) is 14.5 Å². The Kier molecular flexibility index (Phi) is 5.08. The number of carbonyl (C=O) groups is 1. The van der Waals surface area contributed by atoms with Crippen LogP contribution >= 0.6 is 11.3 Å². The molecule has 0 spiro atoms. The molecule has 3 rings (SSSR count). The number of carbonyl (C=O) groups excluding carboxylic acids is 1. The van der Waals surface area contributed by atoms with E-state index in [1.54, 1.807) is 24.7 Å². The van der Waals surface area contributed by atoms with Crippen LogP contribution in [-0.4, -0.2) is 20.4 Å². The lowest BCUT2D eigenvalue weighted by molar-refractivity contribution is -0.113. The van der Waals surface area contributed by atoms with E-state index in [1.165, 1.54) is 28.5 Å². The van der Waals surface area contributed by atoms with E-state index in [0.29, 0.717) is 17.0 Å².